The summed E-state index contributed by atoms with van der Waals surface area (Å²) in [6, 6.07) is 20.1. The first-order valence-corrected chi connectivity index (χ1v) is 8.97. The number of carbonyl (C=O) groups is 1. The molecule has 1 amide bonds. The molecule has 0 aliphatic carbocycles. The number of nitrogens with one attached hydrogen (secondary N) is 1. The Balaban J connectivity index is 1.99. The van der Waals surface area contributed by atoms with Crippen LogP contribution in [0.4, 0.5) is 5.95 Å². The van der Waals surface area contributed by atoms with Gasteiger partial charge in [-0.25, -0.2) is 9.97 Å². The first-order chi connectivity index (χ1) is 12.7. The van der Waals surface area contributed by atoms with Crippen molar-refractivity contribution in [2.75, 3.05) is 5.32 Å². The zero-order valence-corrected chi connectivity index (χ0v) is 15.2. The fourth-order valence-electron chi connectivity index (χ4n) is 2.66. The van der Waals surface area contributed by atoms with Gasteiger partial charge in [0, 0.05) is 17.5 Å². The molecular formula is C22H23N3O. The van der Waals surface area contributed by atoms with E-state index in [4.69, 9.17) is 0 Å². The number of anilines is 1. The van der Waals surface area contributed by atoms with Gasteiger partial charge >= 0.3 is 0 Å². The standard InChI is InChI=1S/C22H23N3O/c1-3-4-10-21(26)25-22-23-19(17-8-6-5-7-9-17)15-20(24-22)18-13-11-16(2)12-14-18/h5-9,11-15H,3-4,10H2,1-2H3,(H,23,24,25,26). The first kappa shape index (κ1) is 17.8. The predicted molar refractivity (Wildman–Crippen MR) is 106 cm³/mol. The highest BCUT2D eigenvalue weighted by Gasteiger charge is 2.11. The van der Waals surface area contributed by atoms with Gasteiger partial charge in [-0.2, -0.15) is 0 Å². The van der Waals surface area contributed by atoms with Crippen LogP contribution in [0.25, 0.3) is 22.5 Å². The normalized spacial score (nSPS) is 10.5. The monoisotopic (exact) mass is 345 g/mol. The Morgan fingerprint density at radius 2 is 1.54 bits per heavy atom. The van der Waals surface area contributed by atoms with Crippen molar-refractivity contribution in [1.82, 2.24) is 9.97 Å². The van der Waals surface area contributed by atoms with Gasteiger partial charge in [0.1, 0.15) is 0 Å². The van der Waals surface area contributed by atoms with E-state index in [1.165, 1.54) is 5.56 Å². The third-order valence-corrected chi connectivity index (χ3v) is 4.15. The van der Waals surface area contributed by atoms with Gasteiger partial charge in [-0.15, -0.1) is 0 Å². The highest BCUT2D eigenvalue weighted by molar-refractivity contribution is 5.89. The topological polar surface area (TPSA) is 54.9 Å². The molecule has 3 aromatic rings. The summed E-state index contributed by atoms with van der Waals surface area (Å²) >= 11 is 0. The van der Waals surface area contributed by atoms with Crippen LogP contribution in [0, 0.1) is 6.92 Å². The van der Waals surface area contributed by atoms with Crippen LogP contribution in [-0.4, -0.2) is 15.9 Å². The number of aryl methyl sites for hydroxylation is 1. The lowest BCUT2D eigenvalue weighted by Crippen LogP contribution is -2.14. The van der Waals surface area contributed by atoms with E-state index in [9.17, 15) is 4.79 Å². The number of hydrogen-bond donors (Lipinski definition) is 1. The Kier molecular flexibility index (Phi) is 5.74. The maximum atomic E-state index is 12.1. The number of hydrogen-bond acceptors (Lipinski definition) is 3. The first-order valence-electron chi connectivity index (χ1n) is 8.97. The molecule has 0 unspecified atom stereocenters. The molecule has 0 atom stereocenters. The van der Waals surface area contributed by atoms with Crippen LogP contribution in [-0.2, 0) is 4.79 Å². The molecule has 3 rings (SSSR count). The van der Waals surface area contributed by atoms with Gasteiger partial charge in [-0.1, -0.05) is 73.5 Å². The second kappa shape index (κ2) is 8.39. The molecule has 0 aliphatic rings. The number of benzene rings is 2. The van der Waals surface area contributed by atoms with E-state index in [0.29, 0.717) is 12.4 Å². The van der Waals surface area contributed by atoms with Crippen molar-refractivity contribution in [1.29, 1.82) is 0 Å². The molecule has 4 nitrogen and oxygen atoms in total. The molecule has 26 heavy (non-hydrogen) atoms. The molecule has 0 spiro atoms. The quantitative estimate of drug-likeness (QED) is 0.664. The lowest BCUT2D eigenvalue weighted by atomic mass is 10.1. The predicted octanol–water partition coefficient (Wildman–Crippen LogP) is 5.25. The summed E-state index contributed by atoms with van der Waals surface area (Å²) in [6.07, 6.45) is 2.32. The molecule has 1 N–H and O–H groups in total. The average Bonchev–Trinajstić information content (AvgIpc) is 2.67. The van der Waals surface area contributed by atoms with E-state index in [1.807, 2.05) is 48.5 Å². The molecule has 0 saturated heterocycles. The summed E-state index contributed by atoms with van der Waals surface area (Å²) in [4.78, 5) is 21.2. The van der Waals surface area contributed by atoms with Crippen LogP contribution >= 0.6 is 0 Å². The van der Waals surface area contributed by atoms with Gasteiger partial charge in [0.2, 0.25) is 11.9 Å². The van der Waals surface area contributed by atoms with Gasteiger partial charge in [0.05, 0.1) is 11.4 Å². The molecule has 0 aliphatic heterocycles. The summed E-state index contributed by atoms with van der Waals surface area (Å²) in [7, 11) is 0. The Hall–Kier alpha value is -3.01. The molecule has 0 bridgehead atoms. The van der Waals surface area contributed by atoms with Crippen LogP contribution in [0.3, 0.4) is 0 Å². The molecular weight excluding hydrogens is 322 g/mol. The minimum atomic E-state index is -0.0492. The molecule has 1 heterocycles. The number of carbonyl (C=O) groups excluding carboxylic acids is 1. The molecule has 132 valence electrons. The Morgan fingerprint density at radius 3 is 2.15 bits per heavy atom. The van der Waals surface area contributed by atoms with Crippen LogP contribution in [0.5, 0.6) is 0 Å². The largest absolute Gasteiger partial charge is 0.294 e. The Morgan fingerprint density at radius 1 is 0.923 bits per heavy atom. The average molecular weight is 345 g/mol. The maximum Gasteiger partial charge on any atom is 0.230 e. The summed E-state index contributed by atoms with van der Waals surface area (Å²) < 4.78 is 0. The zero-order valence-electron chi connectivity index (χ0n) is 15.2. The maximum absolute atomic E-state index is 12.1. The van der Waals surface area contributed by atoms with Gasteiger partial charge < -0.3 is 0 Å². The van der Waals surface area contributed by atoms with E-state index in [0.717, 1.165) is 35.4 Å². The molecule has 0 saturated carbocycles. The van der Waals surface area contributed by atoms with E-state index < -0.39 is 0 Å². The van der Waals surface area contributed by atoms with Crippen LogP contribution < -0.4 is 5.32 Å². The van der Waals surface area contributed by atoms with Gasteiger partial charge in [-0.3, -0.25) is 10.1 Å². The van der Waals surface area contributed by atoms with Crippen molar-refractivity contribution < 1.29 is 4.79 Å². The number of nitrogens with zero attached hydrogens (tertiary/aromatic N) is 2. The lowest BCUT2D eigenvalue weighted by Gasteiger charge is -2.10. The Labute approximate surface area is 154 Å². The van der Waals surface area contributed by atoms with Crippen LogP contribution in [0.2, 0.25) is 0 Å². The van der Waals surface area contributed by atoms with Gasteiger partial charge in [-0.05, 0) is 19.4 Å². The highest BCUT2D eigenvalue weighted by Crippen LogP contribution is 2.25. The molecule has 0 radical (unpaired) electrons. The summed E-state index contributed by atoms with van der Waals surface area (Å²) in [5, 5.41) is 2.85. The molecule has 4 heteroatoms. The summed E-state index contributed by atoms with van der Waals surface area (Å²) in [5.74, 6) is 0.301. The number of aromatic nitrogens is 2. The smallest absolute Gasteiger partial charge is 0.230 e. The van der Waals surface area contributed by atoms with E-state index >= 15 is 0 Å². The second-order valence-electron chi connectivity index (χ2n) is 6.35. The van der Waals surface area contributed by atoms with Crippen LogP contribution in [0.15, 0.2) is 60.7 Å². The third kappa shape index (κ3) is 4.54. The fourth-order valence-corrected chi connectivity index (χ4v) is 2.66. The fraction of sp³-hybridized carbons (Fsp3) is 0.227. The van der Waals surface area contributed by atoms with Gasteiger partial charge in [0.15, 0.2) is 0 Å². The van der Waals surface area contributed by atoms with E-state index in [-0.39, 0.29) is 5.91 Å². The van der Waals surface area contributed by atoms with Crippen molar-refractivity contribution in [2.45, 2.75) is 33.1 Å². The lowest BCUT2D eigenvalue weighted by molar-refractivity contribution is -0.116. The summed E-state index contributed by atoms with van der Waals surface area (Å²) in [5.41, 5.74) is 4.78. The molecule has 2 aromatic carbocycles. The molecule has 1 aromatic heterocycles. The van der Waals surface area contributed by atoms with Crippen LogP contribution in [0.1, 0.15) is 31.7 Å². The third-order valence-electron chi connectivity index (χ3n) is 4.15. The SMILES string of the molecule is CCCCC(=O)Nc1nc(-c2ccccc2)cc(-c2ccc(C)cc2)n1. The minimum absolute atomic E-state index is 0.0492. The zero-order chi connectivity index (χ0) is 18.4. The van der Waals surface area contributed by atoms with Crippen molar-refractivity contribution in [3.8, 4) is 22.5 Å². The van der Waals surface area contributed by atoms with E-state index in [2.05, 4.69) is 41.3 Å². The van der Waals surface area contributed by atoms with Crippen molar-refractivity contribution in [2.24, 2.45) is 0 Å². The highest BCUT2D eigenvalue weighted by atomic mass is 16.1. The number of unbranched alkanes of at least 4 members (excludes halogenated alkanes) is 1. The van der Waals surface area contributed by atoms with Gasteiger partial charge in [0.25, 0.3) is 0 Å². The van der Waals surface area contributed by atoms with Crippen molar-refractivity contribution in [3.63, 3.8) is 0 Å². The van der Waals surface area contributed by atoms with Crippen molar-refractivity contribution >= 4 is 11.9 Å². The van der Waals surface area contributed by atoms with Crippen molar-refractivity contribution in [3.05, 3.63) is 66.2 Å². The molecule has 0 fully saturated rings. The number of rotatable bonds is 6. The second-order valence-corrected chi connectivity index (χ2v) is 6.35. The minimum Gasteiger partial charge on any atom is -0.294 e. The van der Waals surface area contributed by atoms with E-state index in [1.54, 1.807) is 0 Å². The summed E-state index contributed by atoms with van der Waals surface area (Å²) in [6.45, 7) is 4.12. The Bertz CT molecular complexity index is 874. The number of amides is 1.